The molecule has 3 nitrogen and oxygen atoms in total. The van der Waals surface area contributed by atoms with Crippen LogP contribution in [0.5, 0.6) is 11.5 Å². The maximum absolute atomic E-state index is 8.68. The lowest BCUT2D eigenvalue weighted by Gasteiger charge is -2.10. The summed E-state index contributed by atoms with van der Waals surface area (Å²) in [5.41, 5.74) is 7.26. The Morgan fingerprint density at radius 2 is 1.82 bits per heavy atom. The van der Waals surface area contributed by atoms with E-state index in [4.69, 9.17) is 15.7 Å². The number of hydrogen-bond donors (Lipinski definition) is 1. The van der Waals surface area contributed by atoms with Crippen LogP contribution in [-0.4, -0.2) is 0 Å². The monoisotopic (exact) mass is 224 g/mol. The molecule has 0 saturated heterocycles. The zero-order valence-corrected chi connectivity index (χ0v) is 9.26. The van der Waals surface area contributed by atoms with Crippen molar-refractivity contribution in [1.29, 1.82) is 5.26 Å². The van der Waals surface area contributed by atoms with Gasteiger partial charge in [0.05, 0.1) is 18.2 Å². The molecule has 84 valence electrons. The Labute approximate surface area is 100 Å². The summed E-state index contributed by atoms with van der Waals surface area (Å²) in [6, 6.07) is 17.0. The number of nitriles is 1. The number of nitrogens with zero attached hydrogens (tertiary/aromatic N) is 1. The first-order valence-corrected chi connectivity index (χ1v) is 5.28. The zero-order valence-electron chi connectivity index (χ0n) is 9.26. The highest BCUT2D eigenvalue weighted by molar-refractivity contribution is 5.60. The summed E-state index contributed by atoms with van der Waals surface area (Å²) in [4.78, 5) is 0. The van der Waals surface area contributed by atoms with Gasteiger partial charge in [-0.3, -0.25) is 0 Å². The molecular weight excluding hydrogens is 212 g/mol. The second kappa shape index (κ2) is 5.04. The van der Waals surface area contributed by atoms with Gasteiger partial charge in [0.25, 0.3) is 0 Å². The zero-order chi connectivity index (χ0) is 12.1. The van der Waals surface area contributed by atoms with Crippen molar-refractivity contribution in [2.45, 2.75) is 6.42 Å². The van der Waals surface area contributed by atoms with Gasteiger partial charge >= 0.3 is 0 Å². The van der Waals surface area contributed by atoms with E-state index >= 15 is 0 Å². The smallest absolute Gasteiger partial charge is 0.150 e. The maximum Gasteiger partial charge on any atom is 0.150 e. The number of hydrogen-bond acceptors (Lipinski definition) is 3. The summed E-state index contributed by atoms with van der Waals surface area (Å²) in [7, 11) is 0. The lowest BCUT2D eigenvalue weighted by molar-refractivity contribution is 0.484. The number of ether oxygens (including phenoxy) is 1. The molecule has 0 saturated carbocycles. The van der Waals surface area contributed by atoms with Gasteiger partial charge in [-0.2, -0.15) is 5.26 Å². The number of benzene rings is 2. The molecule has 0 atom stereocenters. The Bertz CT molecular complexity index is 544. The van der Waals surface area contributed by atoms with E-state index < -0.39 is 0 Å². The molecule has 0 aliphatic carbocycles. The third-order valence-corrected chi connectivity index (χ3v) is 2.40. The second-order valence-corrected chi connectivity index (χ2v) is 3.58. The molecule has 0 aliphatic rings. The Balaban J connectivity index is 2.28. The van der Waals surface area contributed by atoms with Gasteiger partial charge < -0.3 is 10.5 Å². The van der Waals surface area contributed by atoms with Crippen molar-refractivity contribution in [2.75, 3.05) is 5.73 Å². The normalized spacial score (nSPS) is 9.59. The van der Waals surface area contributed by atoms with E-state index in [9.17, 15) is 0 Å². The summed E-state index contributed by atoms with van der Waals surface area (Å²) in [6.07, 6.45) is 0.290. The molecule has 2 rings (SSSR count). The quantitative estimate of drug-likeness (QED) is 0.815. The van der Waals surface area contributed by atoms with Gasteiger partial charge in [-0.15, -0.1) is 0 Å². The molecule has 2 N–H and O–H groups in total. The van der Waals surface area contributed by atoms with Crippen molar-refractivity contribution in [2.24, 2.45) is 0 Å². The van der Waals surface area contributed by atoms with E-state index in [0.717, 1.165) is 11.3 Å². The van der Waals surface area contributed by atoms with Crippen LogP contribution in [0.3, 0.4) is 0 Å². The van der Waals surface area contributed by atoms with Gasteiger partial charge in [-0.25, -0.2) is 0 Å². The van der Waals surface area contributed by atoms with E-state index in [-0.39, 0.29) is 6.42 Å². The molecule has 0 unspecified atom stereocenters. The minimum atomic E-state index is 0.290. The largest absolute Gasteiger partial charge is 0.455 e. The molecule has 0 amide bonds. The predicted octanol–water partition coefficient (Wildman–Crippen LogP) is 3.13. The van der Waals surface area contributed by atoms with Gasteiger partial charge in [0.1, 0.15) is 5.75 Å². The molecule has 0 fully saturated rings. The number of anilines is 1. The standard InChI is InChI=1S/C14H12N2O/c15-10-9-11-5-4-8-13(14(11)16)17-12-6-2-1-3-7-12/h1-8H,9,16H2. The Hall–Kier alpha value is -2.47. The van der Waals surface area contributed by atoms with Crippen LogP contribution in [0.15, 0.2) is 48.5 Å². The van der Waals surface area contributed by atoms with Crippen LogP contribution in [0.25, 0.3) is 0 Å². The molecule has 17 heavy (non-hydrogen) atoms. The molecule has 2 aromatic rings. The lowest BCUT2D eigenvalue weighted by Crippen LogP contribution is -1.97. The molecule has 0 aliphatic heterocycles. The van der Waals surface area contributed by atoms with Crippen LogP contribution in [0.1, 0.15) is 5.56 Å². The van der Waals surface area contributed by atoms with E-state index in [2.05, 4.69) is 6.07 Å². The van der Waals surface area contributed by atoms with Crippen LogP contribution < -0.4 is 10.5 Å². The molecular formula is C14H12N2O. The van der Waals surface area contributed by atoms with Crippen LogP contribution in [0.4, 0.5) is 5.69 Å². The molecule has 2 aromatic carbocycles. The first-order valence-electron chi connectivity index (χ1n) is 5.28. The van der Waals surface area contributed by atoms with Crippen molar-refractivity contribution >= 4 is 5.69 Å². The van der Waals surface area contributed by atoms with Gasteiger partial charge in [0.2, 0.25) is 0 Å². The van der Waals surface area contributed by atoms with Crippen LogP contribution in [-0.2, 0) is 6.42 Å². The number of para-hydroxylation sites is 2. The summed E-state index contributed by atoms with van der Waals surface area (Å²) in [6.45, 7) is 0. The minimum absolute atomic E-state index is 0.290. The van der Waals surface area contributed by atoms with Gasteiger partial charge in [0.15, 0.2) is 5.75 Å². The first kappa shape index (κ1) is 11.0. The van der Waals surface area contributed by atoms with Crippen molar-refractivity contribution in [3.8, 4) is 17.6 Å². The fraction of sp³-hybridized carbons (Fsp3) is 0.0714. The second-order valence-electron chi connectivity index (χ2n) is 3.58. The first-order chi connectivity index (χ1) is 8.31. The van der Waals surface area contributed by atoms with E-state index in [1.807, 2.05) is 42.5 Å². The fourth-order valence-electron chi connectivity index (χ4n) is 1.53. The molecule has 0 radical (unpaired) electrons. The summed E-state index contributed by atoms with van der Waals surface area (Å²) in [5, 5.41) is 8.68. The SMILES string of the molecule is N#CCc1cccc(Oc2ccccc2)c1N. The Morgan fingerprint density at radius 1 is 1.06 bits per heavy atom. The Morgan fingerprint density at radius 3 is 2.53 bits per heavy atom. The number of nitrogens with two attached hydrogens (primary N) is 1. The van der Waals surface area contributed by atoms with Crippen LogP contribution in [0.2, 0.25) is 0 Å². The average Bonchev–Trinajstić information content (AvgIpc) is 2.36. The molecule has 3 heteroatoms. The van der Waals surface area contributed by atoms with Gasteiger partial charge in [0, 0.05) is 0 Å². The van der Waals surface area contributed by atoms with E-state index in [1.165, 1.54) is 0 Å². The fourth-order valence-corrected chi connectivity index (χ4v) is 1.53. The summed E-state index contributed by atoms with van der Waals surface area (Å²) in [5.74, 6) is 1.32. The maximum atomic E-state index is 8.68. The summed E-state index contributed by atoms with van der Waals surface area (Å²) >= 11 is 0. The molecule has 0 aromatic heterocycles. The lowest BCUT2D eigenvalue weighted by atomic mass is 10.1. The number of nitrogen functional groups attached to an aromatic ring is 1. The van der Waals surface area contributed by atoms with Crippen LogP contribution in [0, 0.1) is 11.3 Å². The van der Waals surface area contributed by atoms with Gasteiger partial charge in [-0.1, -0.05) is 30.3 Å². The topological polar surface area (TPSA) is 59.0 Å². The minimum Gasteiger partial charge on any atom is -0.455 e. The highest BCUT2D eigenvalue weighted by Crippen LogP contribution is 2.29. The molecule has 0 heterocycles. The van der Waals surface area contributed by atoms with Crippen molar-refractivity contribution < 1.29 is 4.74 Å². The molecule has 0 bridgehead atoms. The van der Waals surface area contributed by atoms with Crippen molar-refractivity contribution in [1.82, 2.24) is 0 Å². The number of rotatable bonds is 3. The highest BCUT2D eigenvalue weighted by atomic mass is 16.5. The predicted molar refractivity (Wildman–Crippen MR) is 66.7 cm³/mol. The van der Waals surface area contributed by atoms with E-state index in [1.54, 1.807) is 6.07 Å². The third-order valence-electron chi connectivity index (χ3n) is 2.40. The highest BCUT2D eigenvalue weighted by Gasteiger charge is 2.06. The van der Waals surface area contributed by atoms with Crippen molar-refractivity contribution in [3.05, 3.63) is 54.1 Å². The summed E-state index contributed by atoms with van der Waals surface area (Å²) < 4.78 is 5.66. The Kier molecular flexibility index (Phi) is 3.27. The van der Waals surface area contributed by atoms with Crippen molar-refractivity contribution in [3.63, 3.8) is 0 Å². The molecule has 0 spiro atoms. The van der Waals surface area contributed by atoms with Crippen LogP contribution >= 0.6 is 0 Å². The van der Waals surface area contributed by atoms with Gasteiger partial charge in [-0.05, 0) is 23.8 Å². The third kappa shape index (κ3) is 2.56. The van der Waals surface area contributed by atoms with E-state index in [0.29, 0.717) is 11.4 Å². The average molecular weight is 224 g/mol.